The summed E-state index contributed by atoms with van der Waals surface area (Å²) >= 11 is 1.99. The number of benzene rings is 1. The molecule has 1 aliphatic rings. The number of nitrogens with two attached hydrogens (primary N) is 1. The zero-order chi connectivity index (χ0) is 12.8. The van der Waals surface area contributed by atoms with Gasteiger partial charge in [0.05, 0.1) is 13.7 Å². The second-order valence-corrected chi connectivity index (χ2v) is 5.45. The minimum absolute atomic E-state index is 0.303. The van der Waals surface area contributed by atoms with E-state index in [1.165, 1.54) is 11.5 Å². The minimum atomic E-state index is 0.303. The molecule has 1 heterocycles. The summed E-state index contributed by atoms with van der Waals surface area (Å²) in [7, 11) is 1.64. The molecule has 0 unspecified atom stereocenters. The van der Waals surface area contributed by atoms with Crippen LogP contribution in [0.2, 0.25) is 0 Å². The van der Waals surface area contributed by atoms with Gasteiger partial charge in [0, 0.05) is 0 Å². The van der Waals surface area contributed by atoms with Crippen molar-refractivity contribution in [3.8, 4) is 11.5 Å². The molecule has 0 aliphatic carbocycles. The molecule has 0 atom stereocenters. The van der Waals surface area contributed by atoms with Crippen LogP contribution in [0.1, 0.15) is 18.4 Å². The molecule has 5 heteroatoms. The Morgan fingerprint density at radius 1 is 1.28 bits per heavy atom. The Kier molecular flexibility index (Phi) is 5.16. The lowest BCUT2D eigenvalue weighted by Crippen LogP contribution is -2.22. The van der Waals surface area contributed by atoms with Gasteiger partial charge in [0.15, 0.2) is 11.5 Å². The third-order valence-electron chi connectivity index (χ3n) is 2.94. The van der Waals surface area contributed by atoms with E-state index in [9.17, 15) is 0 Å². The molecule has 2 N–H and O–H groups in total. The second-order valence-electron chi connectivity index (χ2n) is 4.23. The van der Waals surface area contributed by atoms with Gasteiger partial charge in [-0.2, -0.15) is 11.8 Å². The monoisotopic (exact) mass is 269 g/mol. The fourth-order valence-electron chi connectivity index (χ4n) is 1.97. The molecule has 0 amide bonds. The van der Waals surface area contributed by atoms with Crippen LogP contribution in [-0.4, -0.2) is 24.7 Å². The molecule has 2 rings (SSSR count). The first-order valence-electron chi connectivity index (χ1n) is 6.06. The Hall–Kier alpha value is -0.910. The van der Waals surface area contributed by atoms with E-state index in [1.807, 2.05) is 30.0 Å². The third kappa shape index (κ3) is 3.54. The van der Waals surface area contributed by atoms with E-state index in [4.69, 9.17) is 15.4 Å². The van der Waals surface area contributed by atoms with Crippen molar-refractivity contribution in [1.29, 1.82) is 0 Å². The van der Waals surface area contributed by atoms with Gasteiger partial charge in [-0.15, -0.1) is 0 Å². The first kappa shape index (κ1) is 13.5. The maximum atomic E-state index is 6.00. The maximum absolute atomic E-state index is 6.00. The van der Waals surface area contributed by atoms with Gasteiger partial charge in [-0.1, -0.05) is 6.07 Å². The molecular weight excluding hydrogens is 250 g/mol. The lowest BCUT2D eigenvalue weighted by molar-refractivity contribution is 0.123. The fourth-order valence-corrected chi connectivity index (χ4v) is 3.03. The summed E-state index contributed by atoms with van der Waals surface area (Å²) in [6.07, 6.45) is 2.50. The average Bonchev–Trinajstić information content (AvgIpc) is 2.42. The van der Waals surface area contributed by atoms with Gasteiger partial charge >= 0.3 is 0 Å². The maximum Gasteiger partial charge on any atom is 0.161 e. The predicted octanol–water partition coefficient (Wildman–Crippen LogP) is 2.36. The Bertz CT molecular complexity index is 380. The second kappa shape index (κ2) is 6.87. The predicted molar refractivity (Wildman–Crippen MR) is 72.9 cm³/mol. The highest BCUT2D eigenvalue weighted by molar-refractivity contribution is 7.99. The number of hydrogen-bond acceptors (Lipinski definition) is 5. The molecule has 1 aromatic carbocycles. The quantitative estimate of drug-likeness (QED) is 0.832. The van der Waals surface area contributed by atoms with E-state index in [2.05, 4.69) is 4.84 Å². The molecule has 1 saturated heterocycles. The van der Waals surface area contributed by atoms with Crippen molar-refractivity contribution in [2.45, 2.75) is 25.6 Å². The zero-order valence-corrected chi connectivity index (χ0v) is 11.4. The summed E-state index contributed by atoms with van der Waals surface area (Å²) in [5.74, 6) is 8.95. The van der Waals surface area contributed by atoms with Gasteiger partial charge in [0.2, 0.25) is 0 Å². The van der Waals surface area contributed by atoms with Crippen molar-refractivity contribution < 1.29 is 14.3 Å². The summed E-state index contributed by atoms with van der Waals surface area (Å²) in [5, 5.41) is 0. The first-order chi connectivity index (χ1) is 8.83. The van der Waals surface area contributed by atoms with Crippen molar-refractivity contribution in [3.63, 3.8) is 0 Å². The van der Waals surface area contributed by atoms with Crippen molar-refractivity contribution >= 4 is 11.8 Å². The molecule has 1 aliphatic heterocycles. The number of ether oxygens (including phenoxy) is 2. The van der Waals surface area contributed by atoms with Gasteiger partial charge in [-0.25, -0.2) is 5.90 Å². The molecule has 1 aromatic rings. The highest BCUT2D eigenvalue weighted by Crippen LogP contribution is 2.31. The highest BCUT2D eigenvalue weighted by Gasteiger charge is 2.17. The van der Waals surface area contributed by atoms with E-state index in [-0.39, 0.29) is 0 Å². The molecule has 18 heavy (non-hydrogen) atoms. The van der Waals surface area contributed by atoms with Crippen LogP contribution in [0.4, 0.5) is 0 Å². The summed E-state index contributed by atoms with van der Waals surface area (Å²) in [6, 6.07) is 5.77. The van der Waals surface area contributed by atoms with E-state index in [0.29, 0.717) is 12.7 Å². The average molecular weight is 269 g/mol. The van der Waals surface area contributed by atoms with Crippen molar-refractivity contribution in [1.82, 2.24) is 0 Å². The largest absolute Gasteiger partial charge is 0.493 e. The van der Waals surface area contributed by atoms with Crippen LogP contribution in [0.15, 0.2) is 18.2 Å². The summed E-state index contributed by atoms with van der Waals surface area (Å²) in [6.45, 7) is 0.372. The SMILES string of the molecule is COc1cc(CON)ccc1OC1CCSCC1. The van der Waals surface area contributed by atoms with Gasteiger partial charge in [0.1, 0.15) is 6.10 Å². The molecule has 100 valence electrons. The van der Waals surface area contributed by atoms with E-state index < -0.39 is 0 Å². The number of rotatable bonds is 5. The van der Waals surface area contributed by atoms with Gasteiger partial charge < -0.3 is 9.47 Å². The van der Waals surface area contributed by atoms with Gasteiger partial charge in [-0.3, -0.25) is 4.84 Å². The summed E-state index contributed by atoms with van der Waals surface area (Å²) < 4.78 is 11.3. The van der Waals surface area contributed by atoms with E-state index in [0.717, 1.165) is 29.9 Å². The molecule has 0 aromatic heterocycles. The fraction of sp³-hybridized carbons (Fsp3) is 0.538. The van der Waals surface area contributed by atoms with Crippen molar-refractivity contribution in [2.24, 2.45) is 5.90 Å². The smallest absolute Gasteiger partial charge is 0.161 e. The normalized spacial score (nSPS) is 16.6. The standard InChI is InChI=1S/C13H19NO3S/c1-15-13-8-10(9-16-14)2-3-12(13)17-11-4-6-18-7-5-11/h2-3,8,11H,4-7,9,14H2,1H3. The highest BCUT2D eigenvalue weighted by atomic mass is 32.2. The molecule has 0 bridgehead atoms. The Balaban J connectivity index is 2.06. The summed E-state index contributed by atoms with van der Waals surface area (Å²) in [4.78, 5) is 4.62. The number of thioether (sulfide) groups is 1. The van der Waals surface area contributed by atoms with Crippen LogP contribution in [0, 0.1) is 0 Å². The van der Waals surface area contributed by atoms with Crippen LogP contribution in [0.5, 0.6) is 11.5 Å². The van der Waals surface area contributed by atoms with E-state index >= 15 is 0 Å². The van der Waals surface area contributed by atoms with Crippen molar-refractivity contribution in [3.05, 3.63) is 23.8 Å². The lowest BCUT2D eigenvalue weighted by Gasteiger charge is -2.23. The molecule has 4 nitrogen and oxygen atoms in total. The Morgan fingerprint density at radius 2 is 2.06 bits per heavy atom. The Morgan fingerprint density at radius 3 is 2.72 bits per heavy atom. The zero-order valence-electron chi connectivity index (χ0n) is 10.6. The van der Waals surface area contributed by atoms with Crippen LogP contribution in [0.3, 0.4) is 0 Å². The summed E-state index contributed by atoms with van der Waals surface area (Å²) in [5.41, 5.74) is 0.973. The third-order valence-corrected chi connectivity index (χ3v) is 3.99. The minimum Gasteiger partial charge on any atom is -0.493 e. The first-order valence-corrected chi connectivity index (χ1v) is 7.22. The van der Waals surface area contributed by atoms with Crippen LogP contribution in [0.25, 0.3) is 0 Å². The van der Waals surface area contributed by atoms with Crippen molar-refractivity contribution in [2.75, 3.05) is 18.6 Å². The van der Waals surface area contributed by atoms with Crippen LogP contribution < -0.4 is 15.4 Å². The number of hydrogen-bond donors (Lipinski definition) is 1. The Labute approximate surface area is 112 Å². The van der Waals surface area contributed by atoms with Crippen LogP contribution >= 0.6 is 11.8 Å². The van der Waals surface area contributed by atoms with Crippen LogP contribution in [-0.2, 0) is 11.4 Å². The topological polar surface area (TPSA) is 53.7 Å². The molecule has 1 fully saturated rings. The van der Waals surface area contributed by atoms with Gasteiger partial charge in [-0.05, 0) is 42.0 Å². The van der Waals surface area contributed by atoms with Gasteiger partial charge in [0.25, 0.3) is 0 Å². The number of methoxy groups -OCH3 is 1. The molecular formula is C13H19NO3S. The van der Waals surface area contributed by atoms with E-state index in [1.54, 1.807) is 7.11 Å². The molecule has 0 spiro atoms. The lowest BCUT2D eigenvalue weighted by atomic mass is 10.2. The molecule has 0 radical (unpaired) electrons. The molecule has 0 saturated carbocycles.